The van der Waals surface area contributed by atoms with Gasteiger partial charge in [0.2, 0.25) is 5.82 Å². The van der Waals surface area contributed by atoms with Gasteiger partial charge in [0, 0.05) is 25.2 Å². The highest BCUT2D eigenvalue weighted by molar-refractivity contribution is 5.91. The molecule has 6 nitrogen and oxygen atoms in total. The molecule has 126 valence electrons. The van der Waals surface area contributed by atoms with Gasteiger partial charge in [-0.25, -0.2) is 15.8 Å². The molecule has 0 fully saturated rings. The van der Waals surface area contributed by atoms with Crippen LogP contribution in [-0.4, -0.2) is 22.9 Å². The highest BCUT2D eigenvalue weighted by Gasteiger charge is 2.15. The second-order valence-corrected chi connectivity index (χ2v) is 5.62. The van der Waals surface area contributed by atoms with Crippen molar-refractivity contribution >= 4 is 11.7 Å². The summed E-state index contributed by atoms with van der Waals surface area (Å²) in [7, 11) is 1.92. The second-order valence-electron chi connectivity index (χ2n) is 5.62. The van der Waals surface area contributed by atoms with E-state index in [1.165, 1.54) is 0 Å². The van der Waals surface area contributed by atoms with E-state index in [4.69, 9.17) is 5.84 Å². The van der Waals surface area contributed by atoms with Crippen molar-refractivity contribution in [2.24, 2.45) is 5.84 Å². The molecule has 1 heterocycles. The smallest absolute Gasteiger partial charge is 0.303 e. The van der Waals surface area contributed by atoms with Crippen LogP contribution >= 0.6 is 0 Å². The van der Waals surface area contributed by atoms with Gasteiger partial charge < -0.3 is 4.90 Å². The molecule has 1 aromatic heterocycles. The monoisotopic (exact) mass is 333 g/mol. The summed E-state index contributed by atoms with van der Waals surface area (Å²) < 4.78 is 0. The largest absolute Gasteiger partial charge is 0.355 e. The zero-order valence-corrected chi connectivity index (χ0v) is 13.9. The Morgan fingerprint density at radius 1 is 1.04 bits per heavy atom. The Morgan fingerprint density at radius 2 is 1.68 bits per heavy atom. The molecule has 3 aromatic rings. The number of carbonyl (C=O) groups is 1. The molecule has 0 unspecified atom stereocenters. The fraction of sp³-hybridized carbons (Fsp3) is 0.105. The van der Waals surface area contributed by atoms with Gasteiger partial charge in [-0.3, -0.25) is 10.2 Å². The van der Waals surface area contributed by atoms with Crippen molar-refractivity contribution in [2.75, 3.05) is 11.9 Å². The van der Waals surface area contributed by atoms with Crippen LogP contribution in [0.5, 0.6) is 0 Å². The number of hydrogen-bond donors (Lipinski definition) is 2. The molecule has 0 saturated carbocycles. The van der Waals surface area contributed by atoms with Crippen molar-refractivity contribution in [3.8, 4) is 11.3 Å². The number of nitrogens with zero attached hydrogens (tertiary/aromatic N) is 3. The summed E-state index contributed by atoms with van der Waals surface area (Å²) in [5, 5.41) is 0. The zero-order valence-electron chi connectivity index (χ0n) is 13.9. The third-order valence-electron chi connectivity index (χ3n) is 3.77. The molecule has 0 aliphatic heterocycles. The van der Waals surface area contributed by atoms with E-state index in [1.807, 2.05) is 78.7 Å². The highest BCUT2D eigenvalue weighted by Crippen LogP contribution is 2.22. The van der Waals surface area contributed by atoms with Gasteiger partial charge in [0.15, 0.2) is 0 Å². The molecule has 6 heteroatoms. The van der Waals surface area contributed by atoms with Crippen LogP contribution in [-0.2, 0) is 6.54 Å². The fourth-order valence-electron chi connectivity index (χ4n) is 2.49. The van der Waals surface area contributed by atoms with Crippen molar-refractivity contribution in [3.05, 3.63) is 78.1 Å². The average Bonchev–Trinajstić information content (AvgIpc) is 2.68. The van der Waals surface area contributed by atoms with E-state index in [1.54, 1.807) is 0 Å². The first-order chi connectivity index (χ1) is 12.2. The van der Waals surface area contributed by atoms with Crippen molar-refractivity contribution in [1.82, 2.24) is 15.4 Å². The maximum Gasteiger partial charge on any atom is 0.303 e. The number of benzene rings is 2. The van der Waals surface area contributed by atoms with E-state index in [0.717, 1.165) is 11.1 Å². The van der Waals surface area contributed by atoms with Gasteiger partial charge in [-0.15, -0.1) is 0 Å². The van der Waals surface area contributed by atoms with Crippen LogP contribution in [0.3, 0.4) is 0 Å². The van der Waals surface area contributed by atoms with Gasteiger partial charge in [-0.05, 0) is 5.56 Å². The zero-order chi connectivity index (χ0) is 17.6. The number of rotatable bonds is 5. The minimum atomic E-state index is -0.521. The second kappa shape index (κ2) is 7.55. The van der Waals surface area contributed by atoms with Gasteiger partial charge in [-0.1, -0.05) is 60.7 Å². The molecule has 0 atom stereocenters. The van der Waals surface area contributed by atoms with Gasteiger partial charge in [0.25, 0.3) is 0 Å². The van der Waals surface area contributed by atoms with Gasteiger partial charge in [0.1, 0.15) is 5.82 Å². The summed E-state index contributed by atoms with van der Waals surface area (Å²) >= 11 is 0. The number of nitrogens with one attached hydrogen (secondary N) is 1. The Balaban J connectivity index is 1.98. The van der Waals surface area contributed by atoms with Crippen LogP contribution < -0.4 is 16.2 Å². The SMILES string of the molecule is CN(Cc1ccccc1)c1cc(-c2ccccc2)nc(C(=O)NN)n1. The number of anilines is 1. The lowest BCUT2D eigenvalue weighted by molar-refractivity contribution is 0.0943. The van der Waals surface area contributed by atoms with E-state index >= 15 is 0 Å². The van der Waals surface area contributed by atoms with E-state index in [2.05, 4.69) is 15.4 Å². The number of carbonyl (C=O) groups excluding carboxylic acids is 1. The molecule has 0 aliphatic carbocycles. The Bertz CT molecular complexity index is 852. The Kier molecular flexibility index (Phi) is 5.01. The molecule has 0 bridgehead atoms. The Morgan fingerprint density at radius 3 is 2.32 bits per heavy atom. The molecular formula is C19H19N5O. The molecule has 3 rings (SSSR count). The molecule has 0 spiro atoms. The van der Waals surface area contributed by atoms with Crippen LogP contribution in [0.4, 0.5) is 5.82 Å². The number of hydrazine groups is 1. The molecule has 0 radical (unpaired) electrons. The lowest BCUT2D eigenvalue weighted by atomic mass is 10.1. The van der Waals surface area contributed by atoms with Crippen molar-refractivity contribution in [2.45, 2.75) is 6.54 Å². The third-order valence-corrected chi connectivity index (χ3v) is 3.77. The Labute approximate surface area is 146 Å². The summed E-state index contributed by atoms with van der Waals surface area (Å²) in [4.78, 5) is 22.6. The van der Waals surface area contributed by atoms with Crippen molar-refractivity contribution < 1.29 is 4.79 Å². The lowest BCUT2D eigenvalue weighted by Gasteiger charge is -2.19. The molecule has 0 saturated heterocycles. The van der Waals surface area contributed by atoms with E-state index in [-0.39, 0.29) is 5.82 Å². The van der Waals surface area contributed by atoms with Crippen LogP contribution in [0.25, 0.3) is 11.3 Å². The third kappa shape index (κ3) is 3.99. The van der Waals surface area contributed by atoms with Crippen molar-refractivity contribution in [1.29, 1.82) is 0 Å². The maximum absolute atomic E-state index is 12.0. The summed E-state index contributed by atoms with van der Waals surface area (Å²) in [5.74, 6) is 5.42. The summed E-state index contributed by atoms with van der Waals surface area (Å²) in [6.45, 7) is 0.662. The molecule has 25 heavy (non-hydrogen) atoms. The number of hydrogen-bond acceptors (Lipinski definition) is 5. The molecular weight excluding hydrogens is 314 g/mol. The van der Waals surface area contributed by atoms with Gasteiger partial charge in [-0.2, -0.15) is 0 Å². The predicted molar refractivity (Wildman–Crippen MR) is 97.7 cm³/mol. The molecule has 2 aromatic carbocycles. The first kappa shape index (κ1) is 16.6. The van der Waals surface area contributed by atoms with E-state index in [9.17, 15) is 4.79 Å². The normalized spacial score (nSPS) is 10.3. The minimum absolute atomic E-state index is 0.0405. The van der Waals surface area contributed by atoms with Crippen molar-refractivity contribution in [3.63, 3.8) is 0 Å². The topological polar surface area (TPSA) is 84.1 Å². The standard InChI is InChI=1S/C19H19N5O/c1-24(13-14-8-4-2-5-9-14)17-12-16(15-10-6-3-7-11-15)21-18(22-17)19(25)23-20/h2-12H,13,20H2,1H3,(H,23,25). The maximum atomic E-state index is 12.0. The number of amides is 1. The quantitative estimate of drug-likeness (QED) is 0.425. The highest BCUT2D eigenvalue weighted by atomic mass is 16.2. The van der Waals surface area contributed by atoms with E-state index < -0.39 is 5.91 Å². The summed E-state index contributed by atoms with van der Waals surface area (Å²) in [5.41, 5.74) is 4.82. The van der Waals surface area contributed by atoms with Crippen LogP contribution in [0, 0.1) is 0 Å². The van der Waals surface area contributed by atoms with Crippen LogP contribution in [0.15, 0.2) is 66.7 Å². The van der Waals surface area contributed by atoms with Crippen LogP contribution in [0.2, 0.25) is 0 Å². The lowest BCUT2D eigenvalue weighted by Crippen LogP contribution is -2.32. The van der Waals surface area contributed by atoms with Gasteiger partial charge in [0.05, 0.1) is 5.69 Å². The number of aromatic nitrogens is 2. The summed E-state index contributed by atoms with van der Waals surface area (Å²) in [6.07, 6.45) is 0. The first-order valence-corrected chi connectivity index (χ1v) is 7.88. The average molecular weight is 333 g/mol. The molecule has 1 amide bonds. The summed E-state index contributed by atoms with van der Waals surface area (Å²) in [6, 6.07) is 21.6. The Hall–Kier alpha value is -3.25. The van der Waals surface area contributed by atoms with Gasteiger partial charge >= 0.3 is 5.91 Å². The van der Waals surface area contributed by atoms with E-state index in [0.29, 0.717) is 18.1 Å². The minimum Gasteiger partial charge on any atom is -0.355 e. The molecule has 3 N–H and O–H groups in total. The fourth-order valence-corrected chi connectivity index (χ4v) is 2.49. The first-order valence-electron chi connectivity index (χ1n) is 7.88. The number of nitrogens with two attached hydrogens (primary N) is 1. The van der Waals surface area contributed by atoms with Crippen LogP contribution in [0.1, 0.15) is 16.2 Å². The predicted octanol–water partition coefficient (Wildman–Crippen LogP) is 2.38. The number of nitrogen functional groups attached to an aromatic ring is 1. The molecule has 0 aliphatic rings.